The average molecular weight is 496 g/mol. The van der Waals surface area contributed by atoms with Crippen molar-refractivity contribution in [2.24, 2.45) is 0 Å². The number of thiophene rings is 1. The molecule has 34 heavy (non-hydrogen) atoms. The maximum Gasteiger partial charge on any atom is 0.300 e. The number of ether oxygens (including phenoxy) is 1. The summed E-state index contributed by atoms with van der Waals surface area (Å²) in [6.07, 6.45) is 0. The number of benzene rings is 2. The van der Waals surface area contributed by atoms with Gasteiger partial charge in [0, 0.05) is 21.2 Å². The summed E-state index contributed by atoms with van der Waals surface area (Å²) < 4.78 is 5.74. The lowest BCUT2D eigenvalue weighted by molar-refractivity contribution is -0.132. The maximum atomic E-state index is 13.3. The molecule has 2 aromatic carbocycles. The summed E-state index contributed by atoms with van der Waals surface area (Å²) in [4.78, 5) is 28.8. The van der Waals surface area contributed by atoms with Crippen LogP contribution in [0.1, 0.15) is 54.3 Å². The summed E-state index contributed by atoms with van der Waals surface area (Å²) in [6.45, 7) is 8.45. The Labute approximate surface area is 208 Å². The normalized spacial score (nSPS) is 17.6. The minimum Gasteiger partial charge on any atom is -0.507 e. The van der Waals surface area contributed by atoms with E-state index >= 15 is 0 Å². The summed E-state index contributed by atoms with van der Waals surface area (Å²) in [7, 11) is 0. The van der Waals surface area contributed by atoms with Crippen molar-refractivity contribution >= 4 is 46.1 Å². The zero-order chi connectivity index (χ0) is 24.6. The molecule has 1 saturated heterocycles. The third-order valence-corrected chi connectivity index (χ3v) is 7.23. The van der Waals surface area contributed by atoms with Gasteiger partial charge in [-0.3, -0.25) is 14.5 Å². The molecular weight excluding hydrogens is 470 g/mol. The lowest BCUT2D eigenvalue weighted by Crippen LogP contribution is -2.29. The number of Topliss-reactive ketones (excluding diaryl/α,β-unsaturated/α-hetero) is 1. The van der Waals surface area contributed by atoms with Crippen LogP contribution in [0.4, 0.5) is 5.69 Å². The zero-order valence-corrected chi connectivity index (χ0v) is 21.0. The number of amides is 1. The second-order valence-corrected chi connectivity index (χ2v) is 9.84. The number of aryl methyl sites for hydroxylation is 1. The van der Waals surface area contributed by atoms with Crippen molar-refractivity contribution in [1.82, 2.24) is 0 Å². The van der Waals surface area contributed by atoms with Crippen molar-refractivity contribution in [3.8, 4) is 5.75 Å². The summed E-state index contributed by atoms with van der Waals surface area (Å²) in [6, 6.07) is 13.3. The van der Waals surface area contributed by atoms with Gasteiger partial charge in [0.15, 0.2) is 0 Å². The molecule has 2 heterocycles. The van der Waals surface area contributed by atoms with E-state index < -0.39 is 17.7 Å². The highest BCUT2D eigenvalue weighted by atomic mass is 35.5. The van der Waals surface area contributed by atoms with E-state index in [2.05, 4.69) is 0 Å². The zero-order valence-electron chi connectivity index (χ0n) is 19.5. The standard InChI is InChI=1S/C27H26ClNO4S/c1-5-33-21-11-6-17(14-20(21)15(2)3)24(30)22-23(26-16(4)12-13-34-26)29(27(32)25(22)31)19-9-7-18(28)8-10-19/h6-15,23,30H,5H2,1-4H3/b24-22-. The van der Waals surface area contributed by atoms with E-state index in [4.69, 9.17) is 16.3 Å². The first-order valence-electron chi connectivity index (χ1n) is 11.1. The number of aliphatic hydroxyl groups excluding tert-OH is 1. The van der Waals surface area contributed by atoms with Gasteiger partial charge >= 0.3 is 0 Å². The van der Waals surface area contributed by atoms with Crippen LogP contribution in [-0.2, 0) is 9.59 Å². The molecule has 1 aliphatic rings. The van der Waals surface area contributed by atoms with Gasteiger partial charge in [0.2, 0.25) is 0 Å². The molecule has 7 heteroatoms. The van der Waals surface area contributed by atoms with E-state index in [0.717, 1.165) is 21.8 Å². The van der Waals surface area contributed by atoms with Crippen LogP contribution in [0.15, 0.2) is 59.5 Å². The van der Waals surface area contributed by atoms with E-state index in [1.807, 2.05) is 45.2 Å². The molecule has 0 radical (unpaired) electrons. The number of carbonyl (C=O) groups excluding carboxylic acids is 2. The second kappa shape index (κ2) is 9.65. The first-order chi connectivity index (χ1) is 16.2. The minimum atomic E-state index is -0.741. The largest absolute Gasteiger partial charge is 0.507 e. The molecule has 5 nitrogen and oxygen atoms in total. The van der Waals surface area contributed by atoms with Crippen molar-refractivity contribution in [2.75, 3.05) is 11.5 Å². The number of aliphatic hydroxyl groups is 1. The third-order valence-electron chi connectivity index (χ3n) is 5.90. The topological polar surface area (TPSA) is 66.8 Å². The highest BCUT2D eigenvalue weighted by molar-refractivity contribution is 7.10. The number of rotatable bonds is 6. The summed E-state index contributed by atoms with van der Waals surface area (Å²) >= 11 is 7.50. The lowest BCUT2D eigenvalue weighted by atomic mass is 9.94. The Bertz CT molecular complexity index is 1280. The maximum absolute atomic E-state index is 13.3. The van der Waals surface area contributed by atoms with Gasteiger partial charge in [-0.15, -0.1) is 11.3 Å². The van der Waals surface area contributed by atoms with Gasteiger partial charge in [0.25, 0.3) is 11.7 Å². The molecule has 1 N–H and O–H groups in total. The van der Waals surface area contributed by atoms with Crippen molar-refractivity contribution in [3.63, 3.8) is 0 Å². The molecule has 0 bridgehead atoms. The van der Waals surface area contributed by atoms with E-state index in [-0.39, 0.29) is 17.3 Å². The van der Waals surface area contributed by atoms with Crippen molar-refractivity contribution in [1.29, 1.82) is 0 Å². The number of hydrogen-bond acceptors (Lipinski definition) is 5. The monoisotopic (exact) mass is 495 g/mol. The summed E-state index contributed by atoms with van der Waals surface area (Å²) in [5.74, 6) is -0.720. The number of hydrogen-bond donors (Lipinski definition) is 1. The summed E-state index contributed by atoms with van der Waals surface area (Å²) in [5, 5.41) is 13.9. The predicted octanol–water partition coefficient (Wildman–Crippen LogP) is 6.86. The molecule has 1 fully saturated rings. The molecule has 1 unspecified atom stereocenters. The summed E-state index contributed by atoms with van der Waals surface area (Å²) in [5.41, 5.74) is 2.95. The van der Waals surface area contributed by atoms with Crippen molar-refractivity contribution in [3.05, 3.63) is 86.1 Å². The Morgan fingerprint density at radius 3 is 2.44 bits per heavy atom. The molecule has 1 amide bonds. The molecule has 176 valence electrons. The molecular formula is C27H26ClNO4S. The van der Waals surface area contributed by atoms with E-state index in [1.165, 1.54) is 16.2 Å². The van der Waals surface area contributed by atoms with Crippen LogP contribution in [0.5, 0.6) is 5.75 Å². The van der Waals surface area contributed by atoms with Crippen LogP contribution in [0.2, 0.25) is 5.02 Å². The first-order valence-corrected chi connectivity index (χ1v) is 12.4. The van der Waals surface area contributed by atoms with Gasteiger partial charge in [-0.25, -0.2) is 0 Å². The van der Waals surface area contributed by atoms with Crippen LogP contribution in [0, 0.1) is 6.92 Å². The van der Waals surface area contributed by atoms with Gasteiger partial charge in [0.1, 0.15) is 17.6 Å². The number of carbonyl (C=O) groups is 2. The Balaban J connectivity index is 1.92. The Hall–Kier alpha value is -3.09. The smallest absolute Gasteiger partial charge is 0.300 e. The van der Waals surface area contributed by atoms with Crippen LogP contribution < -0.4 is 9.64 Å². The van der Waals surface area contributed by atoms with E-state index in [9.17, 15) is 14.7 Å². The minimum absolute atomic E-state index is 0.0735. The van der Waals surface area contributed by atoms with E-state index in [1.54, 1.807) is 36.4 Å². The van der Waals surface area contributed by atoms with Gasteiger partial charge in [0.05, 0.1) is 12.2 Å². The Morgan fingerprint density at radius 2 is 1.85 bits per heavy atom. The Morgan fingerprint density at radius 1 is 1.15 bits per heavy atom. The fraction of sp³-hybridized carbons (Fsp3) is 0.259. The fourth-order valence-corrected chi connectivity index (χ4v) is 5.35. The van der Waals surface area contributed by atoms with Gasteiger partial charge in [-0.05, 0) is 84.8 Å². The number of halogens is 1. The highest BCUT2D eigenvalue weighted by Crippen LogP contribution is 2.45. The van der Waals surface area contributed by atoms with E-state index in [0.29, 0.717) is 22.9 Å². The van der Waals surface area contributed by atoms with Crippen molar-refractivity contribution in [2.45, 2.75) is 39.7 Å². The van der Waals surface area contributed by atoms with Crippen LogP contribution >= 0.6 is 22.9 Å². The van der Waals surface area contributed by atoms with Gasteiger partial charge in [-0.1, -0.05) is 25.4 Å². The van der Waals surface area contributed by atoms with Gasteiger partial charge < -0.3 is 9.84 Å². The molecule has 0 aliphatic carbocycles. The molecule has 1 aromatic heterocycles. The van der Waals surface area contributed by atoms with Gasteiger partial charge in [-0.2, -0.15) is 0 Å². The lowest BCUT2D eigenvalue weighted by Gasteiger charge is -2.25. The third kappa shape index (κ3) is 4.24. The molecule has 4 rings (SSSR count). The number of nitrogens with zero attached hydrogens (tertiary/aromatic N) is 1. The Kier molecular flexibility index (Phi) is 6.82. The average Bonchev–Trinajstić information content (AvgIpc) is 3.34. The SMILES string of the molecule is CCOc1ccc(/C(O)=C2/C(=O)C(=O)N(c3ccc(Cl)cc3)C2c2sccc2C)cc1C(C)C. The quantitative estimate of drug-likeness (QED) is 0.230. The first kappa shape index (κ1) is 24.0. The van der Waals surface area contributed by atoms with Crippen LogP contribution in [0.3, 0.4) is 0 Å². The molecule has 0 saturated carbocycles. The predicted molar refractivity (Wildman–Crippen MR) is 137 cm³/mol. The molecule has 1 aliphatic heterocycles. The molecule has 1 atom stereocenters. The molecule has 3 aromatic rings. The van der Waals surface area contributed by atoms with Crippen LogP contribution in [-0.4, -0.2) is 23.4 Å². The second-order valence-electron chi connectivity index (χ2n) is 8.45. The van der Waals surface area contributed by atoms with Crippen LogP contribution in [0.25, 0.3) is 5.76 Å². The highest BCUT2D eigenvalue weighted by Gasteiger charge is 2.48. The number of anilines is 1. The molecule has 0 spiro atoms. The number of ketones is 1. The fourth-order valence-electron chi connectivity index (χ4n) is 4.20. The van der Waals surface area contributed by atoms with Crippen molar-refractivity contribution < 1.29 is 19.4 Å².